The molecule has 0 unspecified atom stereocenters. The lowest BCUT2D eigenvalue weighted by Gasteiger charge is -2.09. The largest absolute Gasteiger partial charge is 0.383 e. The summed E-state index contributed by atoms with van der Waals surface area (Å²) in [4.78, 5) is 16.2. The number of rotatable bonds is 6. The summed E-state index contributed by atoms with van der Waals surface area (Å²) in [6.07, 6.45) is 4.99. The van der Waals surface area contributed by atoms with E-state index in [9.17, 15) is 4.79 Å². The summed E-state index contributed by atoms with van der Waals surface area (Å²) in [6.45, 7) is 1.10. The van der Waals surface area contributed by atoms with E-state index < -0.39 is 0 Å². The van der Waals surface area contributed by atoms with Gasteiger partial charge in [0, 0.05) is 46.5 Å². The zero-order valence-corrected chi connectivity index (χ0v) is 15.4. The molecule has 132 valence electrons. The maximum Gasteiger partial charge on any atom is 0.244 e. The highest BCUT2D eigenvalue weighted by Gasteiger charge is 2.02. The lowest BCUT2D eigenvalue weighted by molar-refractivity contribution is -0.116. The fourth-order valence-corrected chi connectivity index (χ4v) is 2.76. The predicted octanol–water partition coefficient (Wildman–Crippen LogP) is 4.78. The summed E-state index contributed by atoms with van der Waals surface area (Å²) in [5, 5.41) is 8.46. The smallest absolute Gasteiger partial charge is 0.244 e. The molecular weight excluding hydrogens is 369 g/mol. The number of amides is 1. The lowest BCUT2D eigenvalue weighted by Crippen LogP contribution is -2.27. The number of anilines is 1. The van der Waals surface area contributed by atoms with Gasteiger partial charge in [-0.1, -0.05) is 35.3 Å². The molecule has 1 heterocycles. The number of benzene rings is 2. The van der Waals surface area contributed by atoms with Crippen LogP contribution in [0.1, 0.15) is 5.56 Å². The normalized spacial score (nSPS) is 11.0. The number of hydrogen-bond donors (Lipinski definition) is 2. The van der Waals surface area contributed by atoms with Crippen molar-refractivity contribution in [2.75, 3.05) is 18.4 Å². The second kappa shape index (κ2) is 8.70. The van der Waals surface area contributed by atoms with Crippen molar-refractivity contribution in [1.82, 2.24) is 10.3 Å². The van der Waals surface area contributed by atoms with Crippen LogP contribution in [0.25, 0.3) is 17.0 Å². The van der Waals surface area contributed by atoms with Gasteiger partial charge in [-0.05, 0) is 48.0 Å². The first-order valence-electron chi connectivity index (χ1n) is 8.11. The minimum Gasteiger partial charge on any atom is -0.383 e. The van der Waals surface area contributed by atoms with E-state index >= 15 is 0 Å². The summed E-state index contributed by atoms with van der Waals surface area (Å²) in [5.41, 5.74) is 2.71. The average molecular weight is 386 g/mol. The number of nitrogens with one attached hydrogen (secondary N) is 2. The fraction of sp³-hybridized carbons (Fsp3) is 0.100. The van der Waals surface area contributed by atoms with E-state index in [1.54, 1.807) is 24.4 Å². The van der Waals surface area contributed by atoms with Crippen molar-refractivity contribution in [2.24, 2.45) is 0 Å². The Kier molecular flexibility index (Phi) is 6.10. The van der Waals surface area contributed by atoms with Crippen LogP contribution in [-0.2, 0) is 4.79 Å². The topological polar surface area (TPSA) is 54.0 Å². The Hall–Kier alpha value is -2.56. The highest BCUT2D eigenvalue weighted by atomic mass is 35.5. The molecule has 0 aliphatic carbocycles. The molecule has 4 nitrogen and oxygen atoms in total. The molecule has 0 saturated heterocycles. The molecule has 1 aromatic heterocycles. The van der Waals surface area contributed by atoms with Crippen molar-refractivity contribution in [1.29, 1.82) is 0 Å². The van der Waals surface area contributed by atoms with Gasteiger partial charge >= 0.3 is 0 Å². The number of halogens is 2. The number of carbonyl (C=O) groups is 1. The number of nitrogens with zero attached hydrogens (tertiary/aromatic N) is 1. The van der Waals surface area contributed by atoms with E-state index in [2.05, 4.69) is 15.6 Å². The van der Waals surface area contributed by atoms with Crippen molar-refractivity contribution in [2.45, 2.75) is 0 Å². The monoisotopic (exact) mass is 385 g/mol. The lowest BCUT2D eigenvalue weighted by atomic mass is 10.2. The van der Waals surface area contributed by atoms with Gasteiger partial charge < -0.3 is 10.6 Å². The Morgan fingerprint density at radius 1 is 1.00 bits per heavy atom. The third kappa shape index (κ3) is 4.97. The third-order valence-electron chi connectivity index (χ3n) is 3.74. The molecule has 0 fully saturated rings. The first kappa shape index (κ1) is 18.2. The highest BCUT2D eigenvalue weighted by molar-refractivity contribution is 6.31. The third-order valence-corrected chi connectivity index (χ3v) is 4.23. The molecular formula is C20H17Cl2N3O. The fourth-order valence-electron chi connectivity index (χ4n) is 2.46. The number of pyridine rings is 1. The Balaban J connectivity index is 1.49. The standard InChI is InChI=1S/C20H17Cl2N3O/c21-15-4-1-14(2-5-15)3-8-20(26)25-12-11-24-18-9-10-23-19-13-16(22)6-7-17(18)19/h1-10,13H,11-12H2,(H,23,24)(H,25,26)/b8-3+. The molecule has 1 amide bonds. The molecule has 3 rings (SSSR count). The van der Waals surface area contributed by atoms with Crippen LogP contribution >= 0.6 is 23.2 Å². The molecule has 0 bridgehead atoms. The minimum absolute atomic E-state index is 0.145. The number of aromatic nitrogens is 1. The number of hydrogen-bond acceptors (Lipinski definition) is 3. The van der Waals surface area contributed by atoms with Crippen molar-refractivity contribution in [3.8, 4) is 0 Å². The van der Waals surface area contributed by atoms with E-state index in [0.717, 1.165) is 22.2 Å². The second-order valence-corrected chi connectivity index (χ2v) is 6.50. The van der Waals surface area contributed by atoms with Crippen LogP contribution in [0.4, 0.5) is 5.69 Å². The predicted molar refractivity (Wildman–Crippen MR) is 109 cm³/mol. The first-order chi connectivity index (χ1) is 12.6. The molecule has 0 spiro atoms. The second-order valence-electron chi connectivity index (χ2n) is 5.62. The van der Waals surface area contributed by atoms with Gasteiger partial charge in [-0.15, -0.1) is 0 Å². The molecule has 3 aromatic rings. The van der Waals surface area contributed by atoms with Crippen LogP contribution in [0.2, 0.25) is 10.0 Å². The Labute approximate surface area is 161 Å². The van der Waals surface area contributed by atoms with Crippen LogP contribution in [0.15, 0.2) is 60.8 Å². The zero-order valence-electron chi connectivity index (χ0n) is 13.9. The van der Waals surface area contributed by atoms with Gasteiger partial charge in [-0.3, -0.25) is 9.78 Å². The minimum atomic E-state index is -0.145. The van der Waals surface area contributed by atoms with Gasteiger partial charge in [0.2, 0.25) is 5.91 Å². The van der Waals surface area contributed by atoms with Gasteiger partial charge in [0.15, 0.2) is 0 Å². The van der Waals surface area contributed by atoms with Crippen molar-refractivity contribution in [3.63, 3.8) is 0 Å². The number of carbonyl (C=O) groups excluding carboxylic acids is 1. The molecule has 0 saturated carbocycles. The van der Waals surface area contributed by atoms with Gasteiger partial charge in [-0.25, -0.2) is 0 Å². The molecule has 0 radical (unpaired) electrons. The summed E-state index contributed by atoms with van der Waals surface area (Å²) in [5.74, 6) is -0.145. The van der Waals surface area contributed by atoms with E-state index in [-0.39, 0.29) is 5.91 Å². The first-order valence-corrected chi connectivity index (χ1v) is 8.87. The quantitative estimate of drug-likeness (QED) is 0.473. The molecule has 0 aliphatic rings. The van der Waals surface area contributed by atoms with Crippen molar-refractivity contribution < 1.29 is 4.79 Å². The van der Waals surface area contributed by atoms with Crippen molar-refractivity contribution in [3.05, 3.63) is 76.4 Å². The van der Waals surface area contributed by atoms with Gasteiger partial charge in [0.1, 0.15) is 0 Å². The van der Waals surface area contributed by atoms with Crippen molar-refractivity contribution >= 4 is 51.8 Å². The Bertz CT molecular complexity index is 939. The molecule has 26 heavy (non-hydrogen) atoms. The molecule has 2 N–H and O–H groups in total. The van der Waals surface area contributed by atoms with Crippen LogP contribution in [0, 0.1) is 0 Å². The highest BCUT2D eigenvalue weighted by Crippen LogP contribution is 2.24. The zero-order chi connectivity index (χ0) is 18.4. The van der Waals surface area contributed by atoms with Crippen LogP contribution < -0.4 is 10.6 Å². The maximum atomic E-state index is 11.9. The van der Waals surface area contributed by atoms with Gasteiger partial charge in [-0.2, -0.15) is 0 Å². The summed E-state index contributed by atoms with van der Waals surface area (Å²) >= 11 is 11.8. The maximum absolute atomic E-state index is 11.9. The summed E-state index contributed by atoms with van der Waals surface area (Å²) in [6, 6.07) is 14.8. The average Bonchev–Trinajstić information content (AvgIpc) is 2.64. The van der Waals surface area contributed by atoms with E-state index in [1.807, 2.05) is 36.4 Å². The number of fused-ring (bicyclic) bond motifs is 1. The van der Waals surface area contributed by atoms with Gasteiger partial charge in [0.25, 0.3) is 0 Å². The van der Waals surface area contributed by atoms with Crippen LogP contribution in [-0.4, -0.2) is 24.0 Å². The van der Waals surface area contributed by atoms with E-state index in [0.29, 0.717) is 23.1 Å². The molecule has 2 aromatic carbocycles. The Morgan fingerprint density at radius 3 is 2.58 bits per heavy atom. The summed E-state index contributed by atoms with van der Waals surface area (Å²) < 4.78 is 0. The van der Waals surface area contributed by atoms with Gasteiger partial charge in [0.05, 0.1) is 5.52 Å². The van der Waals surface area contributed by atoms with E-state index in [1.165, 1.54) is 6.08 Å². The van der Waals surface area contributed by atoms with Crippen LogP contribution in [0.5, 0.6) is 0 Å². The Morgan fingerprint density at radius 2 is 1.77 bits per heavy atom. The van der Waals surface area contributed by atoms with E-state index in [4.69, 9.17) is 23.2 Å². The SMILES string of the molecule is O=C(/C=C/c1ccc(Cl)cc1)NCCNc1ccnc2cc(Cl)ccc12. The molecule has 0 atom stereocenters. The van der Waals surface area contributed by atoms with Crippen LogP contribution in [0.3, 0.4) is 0 Å². The summed E-state index contributed by atoms with van der Waals surface area (Å²) in [7, 11) is 0. The molecule has 6 heteroatoms. The molecule has 0 aliphatic heterocycles.